The summed E-state index contributed by atoms with van der Waals surface area (Å²) >= 11 is 0. The van der Waals surface area contributed by atoms with Crippen LogP contribution in [0.25, 0.3) is 11.0 Å². The summed E-state index contributed by atoms with van der Waals surface area (Å²) in [6, 6.07) is 1.97. The van der Waals surface area contributed by atoms with Gasteiger partial charge in [-0.05, 0) is 25.8 Å². The normalized spacial score (nSPS) is 17.3. The molecule has 1 saturated carbocycles. The molecular weight excluding hydrogens is 281 g/mol. The molecule has 4 nitrogen and oxygen atoms in total. The first-order valence-corrected chi connectivity index (χ1v) is 7.14. The number of aryl methyl sites for hydroxylation is 1. The van der Waals surface area contributed by atoms with Crippen LogP contribution in [0.1, 0.15) is 43.6 Å². The van der Waals surface area contributed by atoms with Crippen LogP contribution in [0.3, 0.4) is 0 Å². The minimum atomic E-state index is -4.55. The van der Waals surface area contributed by atoms with Gasteiger partial charge in [-0.2, -0.15) is 13.2 Å². The monoisotopic (exact) mass is 298 g/mol. The van der Waals surface area contributed by atoms with Gasteiger partial charge in [0, 0.05) is 11.7 Å². The van der Waals surface area contributed by atoms with Crippen molar-refractivity contribution in [2.24, 2.45) is 0 Å². The van der Waals surface area contributed by atoms with E-state index in [0.29, 0.717) is 5.39 Å². The van der Waals surface area contributed by atoms with E-state index in [0.717, 1.165) is 31.4 Å². The molecule has 3 rings (SSSR count). The molecule has 2 aromatic heterocycles. The zero-order valence-corrected chi connectivity index (χ0v) is 11.7. The zero-order chi connectivity index (χ0) is 15.0. The first-order valence-electron chi connectivity index (χ1n) is 7.14. The lowest BCUT2D eigenvalue weighted by Crippen LogP contribution is -2.24. The summed E-state index contributed by atoms with van der Waals surface area (Å²) in [5.74, 6) is -0.821. The SMILES string of the molecule is Cc1cc2c(NC3CCCCC3)nc(C(F)(F)F)nc2[nH]1. The Hall–Kier alpha value is -1.79. The van der Waals surface area contributed by atoms with Gasteiger partial charge in [-0.15, -0.1) is 0 Å². The molecule has 0 unspecified atom stereocenters. The molecule has 2 N–H and O–H groups in total. The number of halogens is 3. The van der Waals surface area contributed by atoms with Gasteiger partial charge in [-0.25, -0.2) is 9.97 Å². The summed E-state index contributed by atoms with van der Waals surface area (Å²) in [5.41, 5.74) is 0.999. The van der Waals surface area contributed by atoms with Gasteiger partial charge in [0.15, 0.2) is 0 Å². The fourth-order valence-electron chi connectivity index (χ4n) is 2.82. The molecule has 0 spiro atoms. The van der Waals surface area contributed by atoms with Gasteiger partial charge >= 0.3 is 6.18 Å². The number of anilines is 1. The van der Waals surface area contributed by atoms with Crippen LogP contribution in [-0.2, 0) is 6.18 Å². The number of rotatable bonds is 2. The molecule has 21 heavy (non-hydrogen) atoms. The number of fused-ring (bicyclic) bond motifs is 1. The van der Waals surface area contributed by atoms with Gasteiger partial charge in [-0.1, -0.05) is 19.3 Å². The van der Waals surface area contributed by atoms with E-state index in [1.54, 1.807) is 13.0 Å². The highest BCUT2D eigenvalue weighted by Gasteiger charge is 2.36. The summed E-state index contributed by atoms with van der Waals surface area (Å²) in [4.78, 5) is 10.2. The lowest BCUT2D eigenvalue weighted by atomic mass is 9.95. The van der Waals surface area contributed by atoms with Gasteiger partial charge in [-0.3, -0.25) is 0 Å². The summed E-state index contributed by atoms with van der Waals surface area (Å²) in [5, 5.41) is 3.80. The average Bonchev–Trinajstić information content (AvgIpc) is 2.79. The largest absolute Gasteiger partial charge is 0.451 e. The van der Waals surface area contributed by atoms with Crippen LogP contribution in [0, 0.1) is 6.92 Å². The molecule has 0 aromatic carbocycles. The maximum Gasteiger partial charge on any atom is 0.451 e. The molecule has 1 aliphatic rings. The number of alkyl halides is 3. The number of hydrogen-bond acceptors (Lipinski definition) is 3. The minimum Gasteiger partial charge on any atom is -0.367 e. The Labute approximate surface area is 120 Å². The fraction of sp³-hybridized carbons (Fsp3) is 0.571. The summed E-state index contributed by atoms with van der Waals surface area (Å²) in [7, 11) is 0. The number of hydrogen-bond donors (Lipinski definition) is 2. The smallest absolute Gasteiger partial charge is 0.367 e. The molecule has 0 saturated heterocycles. The van der Waals surface area contributed by atoms with E-state index in [9.17, 15) is 13.2 Å². The van der Waals surface area contributed by atoms with Gasteiger partial charge in [0.05, 0.1) is 5.39 Å². The number of nitrogens with one attached hydrogen (secondary N) is 2. The quantitative estimate of drug-likeness (QED) is 0.880. The second-order valence-electron chi connectivity index (χ2n) is 5.59. The molecule has 0 atom stereocenters. The number of nitrogens with zero attached hydrogens (tertiary/aromatic N) is 2. The van der Waals surface area contributed by atoms with Crippen LogP contribution < -0.4 is 5.32 Å². The van der Waals surface area contributed by atoms with Crippen molar-refractivity contribution in [3.63, 3.8) is 0 Å². The predicted molar refractivity (Wildman–Crippen MR) is 74.1 cm³/mol. The van der Waals surface area contributed by atoms with Crippen molar-refractivity contribution in [3.8, 4) is 0 Å². The molecular formula is C14H17F3N4. The van der Waals surface area contributed by atoms with Crippen LogP contribution in [-0.4, -0.2) is 21.0 Å². The third kappa shape index (κ3) is 2.96. The van der Waals surface area contributed by atoms with E-state index in [2.05, 4.69) is 20.3 Å². The lowest BCUT2D eigenvalue weighted by Gasteiger charge is -2.23. The fourth-order valence-corrected chi connectivity index (χ4v) is 2.82. The Balaban J connectivity index is 2.01. The van der Waals surface area contributed by atoms with Gasteiger partial charge < -0.3 is 10.3 Å². The average molecular weight is 298 g/mol. The van der Waals surface area contributed by atoms with E-state index in [1.807, 2.05) is 0 Å². The van der Waals surface area contributed by atoms with Crippen LogP contribution in [0.2, 0.25) is 0 Å². The van der Waals surface area contributed by atoms with E-state index in [-0.39, 0.29) is 17.5 Å². The van der Waals surface area contributed by atoms with Crippen molar-refractivity contribution in [3.05, 3.63) is 17.6 Å². The highest BCUT2D eigenvalue weighted by atomic mass is 19.4. The lowest BCUT2D eigenvalue weighted by molar-refractivity contribution is -0.144. The Morgan fingerprint density at radius 3 is 2.57 bits per heavy atom. The Kier molecular flexibility index (Phi) is 3.51. The molecule has 2 aromatic rings. The highest BCUT2D eigenvalue weighted by Crippen LogP contribution is 2.31. The molecule has 0 radical (unpaired) electrons. The molecule has 0 amide bonds. The van der Waals surface area contributed by atoms with Gasteiger partial charge in [0.25, 0.3) is 0 Å². The summed E-state index contributed by atoms with van der Waals surface area (Å²) in [6.07, 6.45) is 0.783. The van der Waals surface area contributed by atoms with E-state index in [4.69, 9.17) is 0 Å². The summed E-state index contributed by atoms with van der Waals surface area (Å²) in [6.45, 7) is 1.79. The van der Waals surface area contributed by atoms with Crippen LogP contribution in [0.4, 0.5) is 19.0 Å². The van der Waals surface area contributed by atoms with Crippen molar-refractivity contribution in [2.75, 3.05) is 5.32 Å². The number of H-pyrrole nitrogens is 1. The second kappa shape index (κ2) is 5.20. The Morgan fingerprint density at radius 1 is 1.19 bits per heavy atom. The zero-order valence-electron chi connectivity index (χ0n) is 11.7. The minimum absolute atomic E-state index is 0.188. The molecule has 0 bridgehead atoms. The molecule has 0 aliphatic heterocycles. The van der Waals surface area contributed by atoms with Crippen molar-refractivity contribution >= 4 is 16.9 Å². The summed E-state index contributed by atoms with van der Waals surface area (Å²) < 4.78 is 38.7. The van der Waals surface area contributed by atoms with Gasteiger partial charge in [0.2, 0.25) is 5.82 Å². The Morgan fingerprint density at radius 2 is 1.90 bits per heavy atom. The van der Waals surface area contributed by atoms with Crippen LogP contribution >= 0.6 is 0 Å². The molecule has 1 aliphatic carbocycles. The maximum atomic E-state index is 12.9. The molecule has 114 valence electrons. The topological polar surface area (TPSA) is 53.6 Å². The first-order chi connectivity index (χ1) is 9.93. The standard InChI is InChI=1S/C14H17F3N4/c1-8-7-10-11(18-8)20-13(14(15,16)17)21-12(10)19-9-5-3-2-4-6-9/h7,9H,2-6H2,1H3,(H2,18,19,20,21). The van der Waals surface area contributed by atoms with E-state index < -0.39 is 12.0 Å². The van der Waals surface area contributed by atoms with Crippen LogP contribution in [0.15, 0.2) is 6.07 Å². The van der Waals surface area contributed by atoms with Crippen molar-refractivity contribution in [2.45, 2.75) is 51.2 Å². The predicted octanol–water partition coefficient (Wildman–Crippen LogP) is 4.03. The first kappa shape index (κ1) is 14.2. The molecule has 7 heteroatoms. The third-order valence-electron chi connectivity index (χ3n) is 3.82. The number of aromatic nitrogens is 3. The van der Waals surface area contributed by atoms with Crippen molar-refractivity contribution in [1.82, 2.24) is 15.0 Å². The highest BCUT2D eigenvalue weighted by molar-refractivity contribution is 5.88. The third-order valence-corrected chi connectivity index (χ3v) is 3.82. The molecule has 1 fully saturated rings. The second-order valence-corrected chi connectivity index (χ2v) is 5.59. The molecule has 2 heterocycles. The van der Waals surface area contributed by atoms with E-state index >= 15 is 0 Å². The number of aromatic amines is 1. The van der Waals surface area contributed by atoms with Crippen molar-refractivity contribution in [1.29, 1.82) is 0 Å². The van der Waals surface area contributed by atoms with E-state index in [1.165, 1.54) is 6.42 Å². The maximum absolute atomic E-state index is 12.9. The Bertz CT molecular complexity index is 641. The van der Waals surface area contributed by atoms with Crippen LogP contribution in [0.5, 0.6) is 0 Å². The van der Waals surface area contributed by atoms with Crippen molar-refractivity contribution < 1.29 is 13.2 Å². The van der Waals surface area contributed by atoms with Gasteiger partial charge in [0.1, 0.15) is 11.5 Å².